The fourth-order valence-corrected chi connectivity index (χ4v) is 6.20. The van der Waals surface area contributed by atoms with Gasteiger partial charge in [-0.15, -0.1) is 22.7 Å². The summed E-state index contributed by atoms with van der Waals surface area (Å²) < 4.78 is 1.16. The first-order chi connectivity index (χ1) is 14.2. The van der Waals surface area contributed by atoms with Crippen LogP contribution in [0.15, 0.2) is 54.6 Å². The number of benzene rings is 2. The zero-order valence-electron chi connectivity index (χ0n) is 16.1. The Balaban J connectivity index is 1.61. The summed E-state index contributed by atoms with van der Waals surface area (Å²) in [6.45, 7) is 5.15. The Morgan fingerprint density at radius 2 is 1.90 bits per heavy atom. The molecule has 146 valence electrons. The summed E-state index contributed by atoms with van der Waals surface area (Å²) >= 11 is 3.30. The third-order valence-corrected chi connectivity index (χ3v) is 7.60. The molecule has 1 aliphatic rings. The van der Waals surface area contributed by atoms with E-state index in [1.54, 1.807) is 22.7 Å². The number of carbonyl (C=O) groups excluding carboxylic acids is 1. The number of nitrogens with one attached hydrogen (secondary N) is 1. The van der Waals surface area contributed by atoms with Crippen LogP contribution in [0.5, 0.6) is 0 Å². The van der Waals surface area contributed by atoms with Crippen LogP contribution >= 0.6 is 22.7 Å². The molecule has 3 heterocycles. The van der Waals surface area contributed by atoms with Gasteiger partial charge in [-0.05, 0) is 42.8 Å². The van der Waals surface area contributed by atoms with Crippen molar-refractivity contribution in [2.24, 2.45) is 0 Å². The molecule has 0 spiro atoms. The molecule has 0 saturated heterocycles. The van der Waals surface area contributed by atoms with Gasteiger partial charge < -0.3 is 5.32 Å². The molecule has 2 aromatic carbocycles. The maximum Gasteiger partial charge on any atom is 0.266 e. The molecule has 0 radical (unpaired) electrons. The van der Waals surface area contributed by atoms with Crippen molar-refractivity contribution in [3.05, 3.63) is 69.9 Å². The number of thiophene rings is 1. The van der Waals surface area contributed by atoms with Gasteiger partial charge in [-0.3, -0.25) is 9.69 Å². The molecule has 4 nitrogen and oxygen atoms in total. The van der Waals surface area contributed by atoms with E-state index in [-0.39, 0.29) is 5.91 Å². The molecular weight excluding hydrogens is 398 g/mol. The summed E-state index contributed by atoms with van der Waals surface area (Å²) in [7, 11) is 0. The molecule has 5 rings (SSSR count). The van der Waals surface area contributed by atoms with Crippen LogP contribution < -0.4 is 5.32 Å². The first kappa shape index (κ1) is 18.5. The first-order valence-electron chi connectivity index (χ1n) is 9.82. The van der Waals surface area contributed by atoms with Gasteiger partial charge in [0, 0.05) is 29.2 Å². The molecule has 1 aliphatic heterocycles. The normalized spacial score (nSPS) is 14.1. The maximum atomic E-state index is 13.3. The molecular formula is C23H21N3OS2. The molecule has 0 fully saturated rings. The van der Waals surface area contributed by atoms with Crippen molar-refractivity contribution in [3.63, 3.8) is 0 Å². The van der Waals surface area contributed by atoms with Crippen molar-refractivity contribution in [1.82, 2.24) is 9.88 Å². The van der Waals surface area contributed by atoms with Gasteiger partial charge in [-0.1, -0.05) is 37.3 Å². The van der Waals surface area contributed by atoms with Gasteiger partial charge >= 0.3 is 0 Å². The van der Waals surface area contributed by atoms with E-state index in [9.17, 15) is 4.79 Å². The lowest BCUT2D eigenvalue weighted by Gasteiger charge is -2.25. The van der Waals surface area contributed by atoms with Crippen molar-refractivity contribution < 1.29 is 4.79 Å². The third-order valence-electron chi connectivity index (χ3n) is 5.33. The second-order valence-corrected chi connectivity index (χ2v) is 9.27. The number of carbonyl (C=O) groups is 1. The minimum Gasteiger partial charge on any atom is -0.321 e. The van der Waals surface area contributed by atoms with Crippen LogP contribution in [-0.2, 0) is 13.0 Å². The number of rotatable bonds is 4. The van der Waals surface area contributed by atoms with Crippen molar-refractivity contribution in [1.29, 1.82) is 0 Å². The van der Waals surface area contributed by atoms with Crippen LogP contribution in [0.1, 0.15) is 27.0 Å². The fraction of sp³-hybridized carbons (Fsp3) is 0.217. The van der Waals surface area contributed by atoms with E-state index in [1.165, 1.54) is 10.4 Å². The Bertz CT molecular complexity index is 1150. The third kappa shape index (κ3) is 3.48. The highest BCUT2D eigenvalue weighted by Gasteiger charge is 2.29. The largest absolute Gasteiger partial charge is 0.321 e. The van der Waals surface area contributed by atoms with E-state index in [0.717, 1.165) is 57.4 Å². The summed E-state index contributed by atoms with van der Waals surface area (Å²) in [5, 5.41) is 4.02. The molecule has 1 amide bonds. The van der Waals surface area contributed by atoms with Crippen LogP contribution in [-0.4, -0.2) is 28.9 Å². The van der Waals surface area contributed by atoms with Crippen molar-refractivity contribution in [2.75, 3.05) is 18.4 Å². The number of aromatic nitrogens is 1. The predicted molar refractivity (Wildman–Crippen MR) is 122 cm³/mol. The Hall–Kier alpha value is -2.54. The van der Waals surface area contributed by atoms with Gasteiger partial charge in [0.2, 0.25) is 0 Å². The second-order valence-electron chi connectivity index (χ2n) is 7.13. The zero-order chi connectivity index (χ0) is 19.8. The SMILES string of the molecule is CCN1CCc2c(sc(C(=O)Nc3ccccc3)c2-c2nc3ccccc3s2)C1. The first-order valence-corrected chi connectivity index (χ1v) is 11.5. The Morgan fingerprint density at radius 1 is 1.10 bits per heavy atom. The average Bonchev–Trinajstić information content (AvgIpc) is 3.35. The summed E-state index contributed by atoms with van der Waals surface area (Å²) in [5.74, 6) is -0.0482. The zero-order valence-corrected chi connectivity index (χ0v) is 17.8. The Kier molecular flexibility index (Phi) is 4.91. The fourth-order valence-electron chi connectivity index (χ4n) is 3.80. The number of anilines is 1. The van der Waals surface area contributed by atoms with Crippen molar-refractivity contribution in [3.8, 4) is 10.6 Å². The van der Waals surface area contributed by atoms with Crippen molar-refractivity contribution in [2.45, 2.75) is 19.9 Å². The van der Waals surface area contributed by atoms with E-state index in [2.05, 4.69) is 23.2 Å². The number of amides is 1. The highest BCUT2D eigenvalue weighted by molar-refractivity contribution is 7.22. The standard InChI is InChI=1S/C23H21N3OS2/c1-2-26-13-12-16-19(14-26)28-21(22(27)24-15-8-4-3-5-9-15)20(16)23-25-17-10-6-7-11-18(17)29-23/h3-11H,2,12-14H2,1H3,(H,24,27). The van der Waals surface area contributed by atoms with Gasteiger partial charge in [0.15, 0.2) is 0 Å². The van der Waals surface area contributed by atoms with Gasteiger partial charge in [-0.2, -0.15) is 0 Å². The van der Waals surface area contributed by atoms with Crippen LogP contribution in [0.3, 0.4) is 0 Å². The Morgan fingerprint density at radius 3 is 2.69 bits per heavy atom. The smallest absolute Gasteiger partial charge is 0.266 e. The summed E-state index contributed by atoms with van der Waals surface area (Å²) in [5.41, 5.74) is 4.15. The molecule has 0 saturated carbocycles. The van der Waals surface area contributed by atoms with E-state index >= 15 is 0 Å². The number of thiazole rings is 1. The van der Waals surface area contributed by atoms with E-state index < -0.39 is 0 Å². The number of nitrogens with zero attached hydrogens (tertiary/aromatic N) is 2. The molecule has 6 heteroatoms. The molecule has 0 unspecified atom stereocenters. The number of likely N-dealkylation sites (N-methyl/N-ethyl adjacent to an activating group) is 1. The molecule has 2 aromatic heterocycles. The maximum absolute atomic E-state index is 13.3. The highest BCUT2D eigenvalue weighted by Crippen LogP contribution is 2.42. The van der Waals surface area contributed by atoms with Crippen molar-refractivity contribution >= 4 is 44.5 Å². The summed E-state index contributed by atoms with van der Waals surface area (Å²) in [6.07, 6.45) is 0.962. The lowest BCUT2D eigenvalue weighted by atomic mass is 10.0. The van der Waals surface area contributed by atoms with E-state index in [0.29, 0.717) is 0 Å². The molecule has 1 N–H and O–H groups in total. The molecule has 0 bridgehead atoms. The molecule has 29 heavy (non-hydrogen) atoms. The number of fused-ring (bicyclic) bond motifs is 2. The molecule has 4 aromatic rings. The summed E-state index contributed by atoms with van der Waals surface area (Å²) in [6, 6.07) is 17.8. The topological polar surface area (TPSA) is 45.2 Å². The van der Waals surface area contributed by atoms with Gasteiger partial charge in [0.25, 0.3) is 5.91 Å². The lowest BCUT2D eigenvalue weighted by Crippen LogP contribution is -2.29. The van der Waals surface area contributed by atoms with Crippen LogP contribution in [0, 0.1) is 0 Å². The predicted octanol–water partition coefficient (Wildman–Crippen LogP) is 5.66. The average molecular weight is 420 g/mol. The van der Waals surface area contributed by atoms with Gasteiger partial charge in [-0.25, -0.2) is 4.98 Å². The highest BCUT2D eigenvalue weighted by atomic mass is 32.1. The van der Waals surface area contributed by atoms with Crippen LogP contribution in [0.4, 0.5) is 5.69 Å². The summed E-state index contributed by atoms with van der Waals surface area (Å²) in [4.78, 5) is 22.6. The lowest BCUT2D eigenvalue weighted by molar-refractivity contribution is 0.103. The molecule has 0 atom stereocenters. The van der Waals surface area contributed by atoms with Gasteiger partial charge in [0.05, 0.1) is 10.2 Å². The van der Waals surface area contributed by atoms with E-state index in [4.69, 9.17) is 4.98 Å². The Labute approximate surface area is 177 Å². The number of hydrogen-bond acceptors (Lipinski definition) is 5. The minimum atomic E-state index is -0.0482. The van der Waals surface area contributed by atoms with E-state index in [1.807, 2.05) is 48.5 Å². The monoisotopic (exact) mass is 419 g/mol. The van der Waals surface area contributed by atoms with Crippen LogP contribution in [0.25, 0.3) is 20.8 Å². The van der Waals surface area contributed by atoms with Crippen LogP contribution in [0.2, 0.25) is 0 Å². The number of hydrogen-bond donors (Lipinski definition) is 1. The van der Waals surface area contributed by atoms with Gasteiger partial charge in [0.1, 0.15) is 9.88 Å². The quantitative estimate of drug-likeness (QED) is 0.464. The number of para-hydroxylation sites is 2. The second kappa shape index (κ2) is 7.71. The molecule has 0 aliphatic carbocycles. The minimum absolute atomic E-state index is 0.0482.